The van der Waals surface area contributed by atoms with Crippen molar-refractivity contribution in [1.82, 2.24) is 0 Å². The Bertz CT molecular complexity index is 641. The zero-order valence-electron chi connectivity index (χ0n) is 10.3. The highest BCUT2D eigenvalue weighted by atomic mass is 35.5. The predicted molar refractivity (Wildman–Crippen MR) is 76.7 cm³/mol. The van der Waals surface area contributed by atoms with Gasteiger partial charge in [-0.2, -0.15) is 0 Å². The largest absolute Gasteiger partial charge is 0.506 e. The fourth-order valence-electron chi connectivity index (χ4n) is 1.61. The standard InChI is InChI=1S/C14H13ClN2O2/c1-8-2-4-10(15)7-12(8)17-14(19)9-3-5-11(16)13(18)6-9/h2-7,18H,16H2,1H3,(H,17,19). The van der Waals surface area contributed by atoms with Crippen molar-refractivity contribution in [2.45, 2.75) is 6.92 Å². The van der Waals surface area contributed by atoms with Crippen LogP contribution in [0.2, 0.25) is 5.02 Å². The Morgan fingerprint density at radius 2 is 2.00 bits per heavy atom. The molecular formula is C14H13ClN2O2. The normalized spacial score (nSPS) is 10.2. The van der Waals surface area contributed by atoms with E-state index in [-0.39, 0.29) is 17.3 Å². The predicted octanol–water partition coefficient (Wildman–Crippen LogP) is 3.19. The van der Waals surface area contributed by atoms with Crippen LogP contribution in [0.25, 0.3) is 0 Å². The van der Waals surface area contributed by atoms with Crippen LogP contribution in [0.15, 0.2) is 36.4 Å². The summed E-state index contributed by atoms with van der Waals surface area (Å²) in [5.74, 6) is -0.448. The number of halogens is 1. The molecule has 1 amide bonds. The lowest BCUT2D eigenvalue weighted by Gasteiger charge is -2.09. The quantitative estimate of drug-likeness (QED) is 0.582. The molecule has 2 rings (SSSR count). The van der Waals surface area contributed by atoms with Gasteiger partial charge in [-0.3, -0.25) is 4.79 Å². The Kier molecular flexibility index (Phi) is 3.62. The van der Waals surface area contributed by atoms with Crippen molar-refractivity contribution in [2.24, 2.45) is 0 Å². The molecule has 0 bridgehead atoms. The summed E-state index contributed by atoms with van der Waals surface area (Å²) >= 11 is 5.88. The number of hydrogen-bond donors (Lipinski definition) is 3. The van der Waals surface area contributed by atoms with E-state index in [4.69, 9.17) is 17.3 Å². The number of phenols is 1. The summed E-state index contributed by atoms with van der Waals surface area (Å²) in [6.45, 7) is 1.87. The third kappa shape index (κ3) is 2.98. The van der Waals surface area contributed by atoms with Gasteiger partial charge >= 0.3 is 0 Å². The maximum atomic E-state index is 12.0. The van der Waals surface area contributed by atoms with E-state index in [1.807, 2.05) is 13.0 Å². The number of aryl methyl sites for hydroxylation is 1. The molecule has 0 unspecified atom stereocenters. The maximum Gasteiger partial charge on any atom is 0.255 e. The molecule has 4 nitrogen and oxygen atoms in total. The number of carbonyl (C=O) groups excluding carboxylic acids is 1. The minimum absolute atomic E-state index is 0.115. The Labute approximate surface area is 115 Å². The molecule has 0 aliphatic carbocycles. The van der Waals surface area contributed by atoms with Crippen molar-refractivity contribution >= 4 is 28.9 Å². The number of nitrogens with two attached hydrogens (primary N) is 1. The van der Waals surface area contributed by atoms with E-state index in [2.05, 4.69) is 5.32 Å². The molecular weight excluding hydrogens is 264 g/mol. The molecule has 0 aromatic heterocycles. The van der Waals surface area contributed by atoms with Crippen molar-refractivity contribution in [3.8, 4) is 5.75 Å². The zero-order valence-corrected chi connectivity index (χ0v) is 11.0. The molecule has 2 aromatic rings. The van der Waals surface area contributed by atoms with Crippen LogP contribution in [0.5, 0.6) is 5.75 Å². The highest BCUT2D eigenvalue weighted by Crippen LogP contribution is 2.23. The van der Waals surface area contributed by atoms with Crippen LogP contribution in [-0.2, 0) is 0 Å². The lowest BCUT2D eigenvalue weighted by atomic mass is 10.1. The third-order valence-corrected chi connectivity index (χ3v) is 2.98. The van der Waals surface area contributed by atoms with Crippen LogP contribution >= 0.6 is 11.6 Å². The average molecular weight is 277 g/mol. The van der Waals surface area contributed by atoms with Gasteiger partial charge in [0.1, 0.15) is 5.75 Å². The van der Waals surface area contributed by atoms with Crippen LogP contribution < -0.4 is 11.1 Å². The molecule has 0 atom stereocenters. The number of carbonyl (C=O) groups is 1. The average Bonchev–Trinajstić information content (AvgIpc) is 2.37. The van der Waals surface area contributed by atoms with Gasteiger partial charge < -0.3 is 16.2 Å². The molecule has 0 aliphatic rings. The fourth-order valence-corrected chi connectivity index (χ4v) is 1.78. The lowest BCUT2D eigenvalue weighted by Crippen LogP contribution is -2.12. The zero-order chi connectivity index (χ0) is 14.0. The van der Waals surface area contributed by atoms with E-state index in [0.717, 1.165) is 5.56 Å². The second-order valence-corrected chi connectivity index (χ2v) is 4.62. The first-order chi connectivity index (χ1) is 8.97. The molecule has 4 N–H and O–H groups in total. The lowest BCUT2D eigenvalue weighted by molar-refractivity contribution is 0.102. The number of phenolic OH excluding ortho intramolecular Hbond substituents is 1. The topological polar surface area (TPSA) is 75.4 Å². The van der Waals surface area contributed by atoms with Crippen LogP contribution in [0.3, 0.4) is 0 Å². The summed E-state index contributed by atoms with van der Waals surface area (Å²) in [5, 5.41) is 12.8. The van der Waals surface area contributed by atoms with Crippen LogP contribution in [0.4, 0.5) is 11.4 Å². The molecule has 5 heteroatoms. The molecule has 0 spiro atoms. The third-order valence-electron chi connectivity index (χ3n) is 2.74. The Balaban J connectivity index is 2.25. The summed E-state index contributed by atoms with van der Waals surface area (Å²) in [6.07, 6.45) is 0. The molecule has 0 heterocycles. The molecule has 0 fully saturated rings. The van der Waals surface area contributed by atoms with E-state index in [0.29, 0.717) is 16.3 Å². The van der Waals surface area contributed by atoms with Crippen LogP contribution in [-0.4, -0.2) is 11.0 Å². The first kappa shape index (κ1) is 13.2. The van der Waals surface area contributed by atoms with Crippen LogP contribution in [0.1, 0.15) is 15.9 Å². The second-order valence-electron chi connectivity index (χ2n) is 4.19. The fraction of sp³-hybridized carbons (Fsp3) is 0.0714. The van der Waals surface area contributed by atoms with E-state index in [9.17, 15) is 9.90 Å². The van der Waals surface area contributed by atoms with Gasteiger partial charge in [0.25, 0.3) is 5.91 Å². The minimum Gasteiger partial charge on any atom is -0.506 e. The van der Waals surface area contributed by atoms with Crippen molar-refractivity contribution in [2.75, 3.05) is 11.1 Å². The first-order valence-electron chi connectivity index (χ1n) is 5.63. The molecule has 98 valence electrons. The Morgan fingerprint density at radius 3 is 2.68 bits per heavy atom. The number of nitrogen functional groups attached to an aromatic ring is 1. The highest BCUT2D eigenvalue weighted by Gasteiger charge is 2.10. The van der Waals surface area contributed by atoms with Crippen molar-refractivity contribution in [3.05, 3.63) is 52.5 Å². The van der Waals surface area contributed by atoms with E-state index < -0.39 is 0 Å². The number of rotatable bonds is 2. The smallest absolute Gasteiger partial charge is 0.255 e. The molecule has 0 saturated carbocycles. The monoisotopic (exact) mass is 276 g/mol. The van der Waals surface area contributed by atoms with Crippen molar-refractivity contribution in [3.63, 3.8) is 0 Å². The van der Waals surface area contributed by atoms with Gasteiger partial charge in [-0.15, -0.1) is 0 Å². The van der Waals surface area contributed by atoms with E-state index in [1.165, 1.54) is 12.1 Å². The summed E-state index contributed by atoms with van der Waals surface area (Å²) in [6, 6.07) is 9.59. The Hall–Kier alpha value is -2.20. The van der Waals surface area contributed by atoms with Crippen molar-refractivity contribution in [1.29, 1.82) is 0 Å². The highest BCUT2D eigenvalue weighted by molar-refractivity contribution is 6.31. The summed E-state index contributed by atoms with van der Waals surface area (Å²) in [5.41, 5.74) is 7.58. The molecule has 19 heavy (non-hydrogen) atoms. The maximum absolute atomic E-state index is 12.0. The van der Waals surface area contributed by atoms with Gasteiger partial charge in [-0.05, 0) is 42.8 Å². The number of amides is 1. The van der Waals surface area contributed by atoms with Crippen molar-refractivity contribution < 1.29 is 9.90 Å². The van der Waals surface area contributed by atoms with Crippen LogP contribution in [0, 0.1) is 6.92 Å². The van der Waals surface area contributed by atoms with Gasteiger partial charge in [-0.1, -0.05) is 17.7 Å². The van der Waals surface area contributed by atoms with E-state index in [1.54, 1.807) is 18.2 Å². The molecule has 2 aromatic carbocycles. The van der Waals surface area contributed by atoms with Gasteiger partial charge in [0.2, 0.25) is 0 Å². The first-order valence-corrected chi connectivity index (χ1v) is 6.01. The second kappa shape index (κ2) is 5.20. The van der Waals surface area contributed by atoms with Gasteiger partial charge in [0, 0.05) is 16.3 Å². The van der Waals surface area contributed by atoms with Gasteiger partial charge in [0.15, 0.2) is 0 Å². The SMILES string of the molecule is Cc1ccc(Cl)cc1NC(=O)c1ccc(N)c(O)c1. The molecule has 0 radical (unpaired) electrons. The summed E-state index contributed by atoms with van der Waals surface area (Å²) in [4.78, 5) is 12.0. The molecule has 0 saturated heterocycles. The number of nitrogens with one attached hydrogen (secondary N) is 1. The number of benzene rings is 2. The Morgan fingerprint density at radius 1 is 1.26 bits per heavy atom. The summed E-state index contributed by atoms with van der Waals surface area (Å²) < 4.78 is 0. The summed E-state index contributed by atoms with van der Waals surface area (Å²) in [7, 11) is 0. The molecule has 0 aliphatic heterocycles. The van der Waals surface area contributed by atoms with Gasteiger partial charge in [-0.25, -0.2) is 0 Å². The van der Waals surface area contributed by atoms with Gasteiger partial charge in [0.05, 0.1) is 5.69 Å². The number of hydrogen-bond acceptors (Lipinski definition) is 3. The number of anilines is 2. The minimum atomic E-state index is -0.333. The number of aromatic hydroxyl groups is 1. The van der Waals surface area contributed by atoms with E-state index >= 15 is 0 Å².